The van der Waals surface area contributed by atoms with Crippen LogP contribution >= 0.6 is 15.9 Å². The molecule has 1 unspecified atom stereocenters. The first kappa shape index (κ1) is 15.3. The van der Waals surface area contributed by atoms with Gasteiger partial charge in [-0.1, -0.05) is 26.7 Å². The standard InChI is InChI=1S/C14H22BrNO2/c1-5-9(6-2)13(16)10-7-8-11(17-3)12(15)14(10)18-4/h7-9,13H,5-6,16H2,1-4H3. The fourth-order valence-electron chi connectivity index (χ4n) is 2.23. The molecule has 0 aromatic heterocycles. The van der Waals surface area contributed by atoms with Crippen LogP contribution in [0.1, 0.15) is 38.3 Å². The maximum absolute atomic E-state index is 6.36. The molecule has 0 heterocycles. The van der Waals surface area contributed by atoms with Gasteiger partial charge in [-0.05, 0) is 34.0 Å². The van der Waals surface area contributed by atoms with E-state index in [0.29, 0.717) is 5.92 Å². The topological polar surface area (TPSA) is 44.5 Å². The monoisotopic (exact) mass is 315 g/mol. The van der Waals surface area contributed by atoms with Gasteiger partial charge < -0.3 is 15.2 Å². The molecular formula is C14H22BrNO2. The molecular weight excluding hydrogens is 294 g/mol. The second kappa shape index (κ2) is 7.00. The van der Waals surface area contributed by atoms with Crippen LogP contribution in [0.15, 0.2) is 16.6 Å². The number of hydrogen-bond donors (Lipinski definition) is 1. The van der Waals surface area contributed by atoms with E-state index in [-0.39, 0.29) is 6.04 Å². The summed E-state index contributed by atoms with van der Waals surface area (Å²) >= 11 is 3.51. The van der Waals surface area contributed by atoms with Gasteiger partial charge in [0, 0.05) is 11.6 Å². The zero-order chi connectivity index (χ0) is 13.7. The van der Waals surface area contributed by atoms with Gasteiger partial charge >= 0.3 is 0 Å². The minimum atomic E-state index is -0.0165. The van der Waals surface area contributed by atoms with Crippen molar-refractivity contribution in [2.45, 2.75) is 32.7 Å². The fraction of sp³-hybridized carbons (Fsp3) is 0.571. The van der Waals surface area contributed by atoms with Gasteiger partial charge in [0.05, 0.1) is 14.2 Å². The number of rotatable bonds is 6. The van der Waals surface area contributed by atoms with Crippen molar-refractivity contribution >= 4 is 15.9 Å². The molecule has 0 spiro atoms. The highest BCUT2D eigenvalue weighted by atomic mass is 79.9. The van der Waals surface area contributed by atoms with Crippen LogP contribution in [0.25, 0.3) is 0 Å². The summed E-state index contributed by atoms with van der Waals surface area (Å²) in [5.41, 5.74) is 7.38. The van der Waals surface area contributed by atoms with Crippen molar-refractivity contribution < 1.29 is 9.47 Å². The number of halogens is 1. The number of methoxy groups -OCH3 is 2. The maximum Gasteiger partial charge on any atom is 0.141 e. The van der Waals surface area contributed by atoms with Gasteiger partial charge in [-0.3, -0.25) is 0 Å². The summed E-state index contributed by atoms with van der Waals surface area (Å²) in [4.78, 5) is 0. The average Bonchev–Trinajstić information content (AvgIpc) is 2.39. The van der Waals surface area contributed by atoms with Crippen LogP contribution in [-0.4, -0.2) is 14.2 Å². The largest absolute Gasteiger partial charge is 0.495 e. The molecule has 1 atom stereocenters. The van der Waals surface area contributed by atoms with Crippen LogP contribution in [0, 0.1) is 5.92 Å². The van der Waals surface area contributed by atoms with Gasteiger partial charge in [0.25, 0.3) is 0 Å². The Morgan fingerprint density at radius 1 is 1.17 bits per heavy atom. The van der Waals surface area contributed by atoms with Crippen molar-refractivity contribution in [3.8, 4) is 11.5 Å². The Balaban J connectivity index is 3.20. The summed E-state index contributed by atoms with van der Waals surface area (Å²) in [6.07, 6.45) is 2.12. The van der Waals surface area contributed by atoms with Crippen LogP contribution in [0.5, 0.6) is 11.5 Å². The second-order valence-corrected chi connectivity index (χ2v) is 5.10. The molecule has 18 heavy (non-hydrogen) atoms. The molecule has 0 aliphatic heterocycles. The third-order valence-electron chi connectivity index (χ3n) is 3.43. The van der Waals surface area contributed by atoms with Crippen molar-refractivity contribution in [1.29, 1.82) is 0 Å². The Kier molecular flexibility index (Phi) is 5.96. The lowest BCUT2D eigenvalue weighted by molar-refractivity contribution is 0.362. The third kappa shape index (κ3) is 2.98. The van der Waals surface area contributed by atoms with E-state index >= 15 is 0 Å². The molecule has 1 aromatic carbocycles. The highest BCUT2D eigenvalue weighted by Gasteiger charge is 2.22. The van der Waals surface area contributed by atoms with E-state index in [9.17, 15) is 0 Å². The lowest BCUT2D eigenvalue weighted by Crippen LogP contribution is -2.21. The van der Waals surface area contributed by atoms with Crippen LogP contribution in [0.4, 0.5) is 0 Å². The predicted octanol–water partition coefficient (Wildman–Crippen LogP) is 3.90. The Bertz CT molecular complexity index is 392. The molecule has 1 rings (SSSR count). The molecule has 0 radical (unpaired) electrons. The zero-order valence-corrected chi connectivity index (χ0v) is 13.1. The molecule has 0 bridgehead atoms. The smallest absolute Gasteiger partial charge is 0.141 e. The minimum Gasteiger partial charge on any atom is -0.495 e. The lowest BCUT2D eigenvalue weighted by Gasteiger charge is -2.24. The van der Waals surface area contributed by atoms with Gasteiger partial charge in [0.2, 0.25) is 0 Å². The minimum absolute atomic E-state index is 0.0165. The molecule has 2 N–H and O–H groups in total. The fourth-order valence-corrected chi connectivity index (χ4v) is 2.92. The van der Waals surface area contributed by atoms with Gasteiger partial charge in [0.1, 0.15) is 16.0 Å². The van der Waals surface area contributed by atoms with E-state index in [2.05, 4.69) is 29.8 Å². The van der Waals surface area contributed by atoms with Crippen molar-refractivity contribution in [3.63, 3.8) is 0 Å². The van der Waals surface area contributed by atoms with Crippen LogP contribution < -0.4 is 15.2 Å². The van der Waals surface area contributed by atoms with Crippen molar-refractivity contribution in [3.05, 3.63) is 22.2 Å². The Hall–Kier alpha value is -0.740. The van der Waals surface area contributed by atoms with Crippen LogP contribution in [0.3, 0.4) is 0 Å². The molecule has 0 fully saturated rings. The molecule has 3 nitrogen and oxygen atoms in total. The summed E-state index contributed by atoms with van der Waals surface area (Å²) in [7, 11) is 3.29. The first-order chi connectivity index (χ1) is 8.60. The Morgan fingerprint density at radius 2 is 1.78 bits per heavy atom. The molecule has 0 saturated carbocycles. The molecule has 1 aromatic rings. The summed E-state index contributed by atoms with van der Waals surface area (Å²) in [6, 6.07) is 3.90. The van der Waals surface area contributed by atoms with E-state index in [1.165, 1.54) is 0 Å². The summed E-state index contributed by atoms with van der Waals surface area (Å²) in [5.74, 6) is 1.99. The highest BCUT2D eigenvalue weighted by Crippen LogP contribution is 2.41. The maximum atomic E-state index is 6.36. The second-order valence-electron chi connectivity index (χ2n) is 4.31. The number of nitrogens with two attached hydrogens (primary N) is 1. The predicted molar refractivity (Wildman–Crippen MR) is 78.2 cm³/mol. The molecule has 0 amide bonds. The Morgan fingerprint density at radius 3 is 2.22 bits per heavy atom. The van der Waals surface area contributed by atoms with Gasteiger partial charge in [-0.2, -0.15) is 0 Å². The number of benzene rings is 1. The van der Waals surface area contributed by atoms with Crippen LogP contribution in [-0.2, 0) is 0 Å². The quantitative estimate of drug-likeness (QED) is 0.865. The van der Waals surface area contributed by atoms with Crippen molar-refractivity contribution in [2.24, 2.45) is 11.7 Å². The Labute approximate surface area is 118 Å². The average molecular weight is 316 g/mol. The highest BCUT2D eigenvalue weighted by molar-refractivity contribution is 9.10. The first-order valence-corrected chi connectivity index (χ1v) is 7.05. The van der Waals surface area contributed by atoms with Gasteiger partial charge in [-0.25, -0.2) is 0 Å². The van der Waals surface area contributed by atoms with Crippen molar-refractivity contribution in [2.75, 3.05) is 14.2 Å². The van der Waals surface area contributed by atoms with Gasteiger partial charge in [0.15, 0.2) is 0 Å². The van der Waals surface area contributed by atoms with E-state index < -0.39 is 0 Å². The SMILES string of the molecule is CCC(CC)C(N)c1ccc(OC)c(Br)c1OC. The third-order valence-corrected chi connectivity index (χ3v) is 4.18. The molecule has 0 aliphatic carbocycles. The number of hydrogen-bond acceptors (Lipinski definition) is 3. The van der Waals surface area contributed by atoms with E-state index in [0.717, 1.165) is 34.4 Å². The summed E-state index contributed by atoms with van der Waals surface area (Å²) in [6.45, 7) is 4.33. The molecule has 0 aliphatic rings. The summed E-state index contributed by atoms with van der Waals surface area (Å²) < 4.78 is 11.6. The summed E-state index contributed by atoms with van der Waals surface area (Å²) in [5, 5.41) is 0. The van der Waals surface area contributed by atoms with E-state index in [4.69, 9.17) is 15.2 Å². The number of ether oxygens (including phenoxy) is 2. The van der Waals surface area contributed by atoms with E-state index in [1.54, 1.807) is 14.2 Å². The lowest BCUT2D eigenvalue weighted by atomic mass is 9.89. The first-order valence-electron chi connectivity index (χ1n) is 6.26. The molecule has 0 saturated heterocycles. The molecule has 4 heteroatoms. The van der Waals surface area contributed by atoms with Gasteiger partial charge in [-0.15, -0.1) is 0 Å². The van der Waals surface area contributed by atoms with E-state index in [1.807, 2.05) is 12.1 Å². The molecule has 102 valence electrons. The normalized spacial score (nSPS) is 12.6. The zero-order valence-electron chi connectivity index (χ0n) is 11.5. The van der Waals surface area contributed by atoms with Crippen molar-refractivity contribution in [1.82, 2.24) is 0 Å². The van der Waals surface area contributed by atoms with Crippen LogP contribution in [0.2, 0.25) is 0 Å².